The third-order valence-corrected chi connectivity index (χ3v) is 4.07. The molecule has 1 aromatic carbocycles. The van der Waals surface area contributed by atoms with E-state index in [1.165, 1.54) is 6.33 Å². The number of nitrogens with one attached hydrogen (secondary N) is 1. The van der Waals surface area contributed by atoms with Crippen LogP contribution in [0.2, 0.25) is 0 Å². The van der Waals surface area contributed by atoms with E-state index in [-0.39, 0.29) is 11.8 Å². The predicted octanol–water partition coefficient (Wildman–Crippen LogP) is 2.45. The van der Waals surface area contributed by atoms with Crippen LogP contribution in [0.3, 0.4) is 0 Å². The lowest BCUT2D eigenvalue weighted by molar-refractivity contribution is -0.132. The van der Waals surface area contributed by atoms with Crippen LogP contribution in [0.15, 0.2) is 36.3 Å². The van der Waals surface area contributed by atoms with Gasteiger partial charge >= 0.3 is 5.97 Å². The number of methoxy groups -OCH3 is 1. The summed E-state index contributed by atoms with van der Waals surface area (Å²) in [5.41, 5.74) is 0.879. The zero-order chi connectivity index (χ0) is 18.0. The molecule has 0 radical (unpaired) electrons. The second-order valence-electron chi connectivity index (χ2n) is 5.73. The van der Waals surface area contributed by atoms with Crippen LogP contribution >= 0.6 is 0 Å². The summed E-state index contributed by atoms with van der Waals surface area (Å²) in [6.07, 6.45) is 3.92. The molecule has 0 fully saturated rings. The molecule has 25 heavy (non-hydrogen) atoms. The van der Waals surface area contributed by atoms with Crippen molar-refractivity contribution in [1.29, 1.82) is 0 Å². The molecule has 0 unspecified atom stereocenters. The van der Waals surface area contributed by atoms with E-state index in [4.69, 9.17) is 9.47 Å². The number of carbonyl (C=O) groups is 1. The average molecular weight is 344 g/mol. The number of hydrogen-bond donors (Lipinski definition) is 2. The maximum Gasteiger partial charge on any atom is 0.352 e. The average Bonchev–Trinajstić information content (AvgIpc) is 3.09. The number of aromatic nitrogens is 3. The molecular weight excluding hydrogens is 324 g/mol. The van der Waals surface area contributed by atoms with E-state index in [2.05, 4.69) is 15.4 Å². The Labute approximate surface area is 145 Å². The number of rotatable bonds is 6. The first-order chi connectivity index (χ1) is 12.0. The Morgan fingerprint density at radius 2 is 2.24 bits per heavy atom. The number of aliphatic carboxylic acids is 1. The van der Waals surface area contributed by atoms with Crippen LogP contribution in [-0.2, 0) is 4.79 Å². The first-order valence-electron chi connectivity index (χ1n) is 7.99. The summed E-state index contributed by atoms with van der Waals surface area (Å²) in [5.74, 6) is 0.561. The van der Waals surface area contributed by atoms with Crippen LogP contribution in [0.1, 0.15) is 31.9 Å². The number of fused-ring (bicyclic) bond motifs is 1. The van der Waals surface area contributed by atoms with Crippen molar-refractivity contribution in [1.82, 2.24) is 14.8 Å². The van der Waals surface area contributed by atoms with Gasteiger partial charge < -0.3 is 19.9 Å². The Bertz CT molecular complexity index is 815. The summed E-state index contributed by atoms with van der Waals surface area (Å²) >= 11 is 0. The van der Waals surface area contributed by atoms with Crippen molar-refractivity contribution in [2.24, 2.45) is 0 Å². The number of benzene rings is 1. The highest BCUT2D eigenvalue weighted by atomic mass is 16.5. The van der Waals surface area contributed by atoms with E-state index < -0.39 is 12.0 Å². The first kappa shape index (κ1) is 16.8. The molecule has 1 aliphatic rings. The molecule has 2 aromatic rings. The summed E-state index contributed by atoms with van der Waals surface area (Å²) in [6.45, 7) is 4.04. The third-order valence-electron chi connectivity index (χ3n) is 4.07. The van der Waals surface area contributed by atoms with Crippen LogP contribution in [0.25, 0.3) is 0 Å². The molecule has 1 aliphatic heterocycles. The highest BCUT2D eigenvalue weighted by molar-refractivity contribution is 5.90. The minimum Gasteiger partial charge on any atom is -0.493 e. The lowest BCUT2D eigenvalue weighted by Crippen LogP contribution is -2.24. The second-order valence-corrected chi connectivity index (χ2v) is 5.73. The van der Waals surface area contributed by atoms with Crippen LogP contribution in [0, 0.1) is 0 Å². The van der Waals surface area contributed by atoms with E-state index in [9.17, 15) is 9.90 Å². The van der Waals surface area contributed by atoms with Crippen molar-refractivity contribution >= 4 is 11.9 Å². The van der Waals surface area contributed by atoms with Gasteiger partial charge in [0.1, 0.15) is 18.1 Å². The van der Waals surface area contributed by atoms with Crippen LogP contribution < -0.4 is 14.8 Å². The van der Waals surface area contributed by atoms with Crippen molar-refractivity contribution in [2.45, 2.75) is 32.4 Å². The largest absolute Gasteiger partial charge is 0.493 e. The van der Waals surface area contributed by atoms with E-state index in [1.54, 1.807) is 17.9 Å². The number of nitrogens with zero attached hydrogens (tertiary/aromatic N) is 3. The standard InChI is InChI=1S/C17H20N4O4/c1-4-10(2)25-14-6-5-11(7-15(14)24-3)13-8-12(16(22)23)20-17-18-9-19-21(13)17/h5-10,13H,4H2,1-3H3,(H,22,23)(H,18,19,20)/t10-,13+/m1/s1. The normalized spacial score (nSPS) is 17.1. The maximum atomic E-state index is 11.4. The van der Waals surface area contributed by atoms with Gasteiger partial charge in [0.05, 0.1) is 13.2 Å². The third kappa shape index (κ3) is 3.28. The highest BCUT2D eigenvalue weighted by Crippen LogP contribution is 2.35. The molecule has 0 aliphatic carbocycles. The fourth-order valence-electron chi connectivity index (χ4n) is 2.56. The Morgan fingerprint density at radius 3 is 2.92 bits per heavy atom. The molecule has 2 heterocycles. The molecule has 3 rings (SSSR count). The highest BCUT2D eigenvalue weighted by Gasteiger charge is 2.26. The Balaban J connectivity index is 2.00. The maximum absolute atomic E-state index is 11.4. The van der Waals surface area contributed by atoms with Gasteiger partial charge in [-0.05, 0) is 37.1 Å². The summed E-state index contributed by atoms with van der Waals surface area (Å²) in [6, 6.07) is 5.12. The van der Waals surface area contributed by atoms with Gasteiger partial charge in [-0.3, -0.25) is 0 Å². The number of anilines is 1. The van der Waals surface area contributed by atoms with Gasteiger partial charge in [-0.15, -0.1) is 0 Å². The first-order valence-corrected chi connectivity index (χ1v) is 7.99. The van der Waals surface area contributed by atoms with E-state index in [1.807, 2.05) is 32.0 Å². The van der Waals surface area contributed by atoms with Gasteiger partial charge in [-0.2, -0.15) is 10.1 Å². The smallest absolute Gasteiger partial charge is 0.352 e. The lowest BCUT2D eigenvalue weighted by Gasteiger charge is -2.23. The van der Waals surface area contributed by atoms with Crippen molar-refractivity contribution in [3.05, 3.63) is 41.9 Å². The van der Waals surface area contributed by atoms with Gasteiger partial charge in [0.2, 0.25) is 5.95 Å². The summed E-state index contributed by atoms with van der Waals surface area (Å²) < 4.78 is 12.9. The zero-order valence-electron chi connectivity index (χ0n) is 14.3. The number of hydrogen-bond acceptors (Lipinski definition) is 6. The number of carboxylic acids is 1. The van der Waals surface area contributed by atoms with Crippen molar-refractivity contribution in [3.8, 4) is 11.5 Å². The fraction of sp³-hybridized carbons (Fsp3) is 0.353. The van der Waals surface area contributed by atoms with E-state index in [0.717, 1.165) is 12.0 Å². The van der Waals surface area contributed by atoms with Gasteiger partial charge in [-0.25, -0.2) is 9.48 Å². The van der Waals surface area contributed by atoms with Crippen LogP contribution in [0.5, 0.6) is 11.5 Å². The minimum absolute atomic E-state index is 0.0596. The quantitative estimate of drug-likeness (QED) is 0.830. The molecule has 0 saturated heterocycles. The summed E-state index contributed by atoms with van der Waals surface area (Å²) in [5, 5.41) is 16.2. The minimum atomic E-state index is -1.05. The number of allylic oxidation sites excluding steroid dienone is 1. The number of carboxylic acid groups (broad SMARTS) is 1. The fourth-order valence-corrected chi connectivity index (χ4v) is 2.56. The molecule has 8 nitrogen and oxygen atoms in total. The van der Waals surface area contributed by atoms with Crippen LogP contribution in [-0.4, -0.2) is 39.1 Å². The van der Waals surface area contributed by atoms with E-state index >= 15 is 0 Å². The monoisotopic (exact) mass is 344 g/mol. The molecule has 132 valence electrons. The SMILES string of the molecule is CC[C@@H](C)Oc1ccc([C@@H]2C=C(C(=O)O)Nc3ncnn32)cc1OC. The molecule has 2 N–H and O–H groups in total. The summed E-state index contributed by atoms with van der Waals surface area (Å²) in [4.78, 5) is 15.4. The zero-order valence-corrected chi connectivity index (χ0v) is 14.3. The molecule has 1 aromatic heterocycles. The lowest BCUT2D eigenvalue weighted by atomic mass is 10.0. The van der Waals surface area contributed by atoms with Gasteiger partial charge in [0, 0.05) is 0 Å². The molecule has 8 heteroatoms. The van der Waals surface area contributed by atoms with E-state index in [0.29, 0.717) is 17.4 Å². The Morgan fingerprint density at radius 1 is 1.44 bits per heavy atom. The van der Waals surface area contributed by atoms with Crippen molar-refractivity contribution in [2.75, 3.05) is 12.4 Å². The number of ether oxygens (including phenoxy) is 2. The Kier molecular flexibility index (Phi) is 4.60. The molecule has 0 saturated carbocycles. The topological polar surface area (TPSA) is 98.5 Å². The molecule has 0 amide bonds. The molecular formula is C17H20N4O4. The summed E-state index contributed by atoms with van der Waals surface area (Å²) in [7, 11) is 1.57. The molecule has 2 atom stereocenters. The van der Waals surface area contributed by atoms with Gasteiger partial charge in [-0.1, -0.05) is 13.0 Å². The second kappa shape index (κ2) is 6.84. The Hall–Kier alpha value is -3.03. The predicted molar refractivity (Wildman–Crippen MR) is 90.9 cm³/mol. The van der Waals surface area contributed by atoms with Gasteiger partial charge in [0.15, 0.2) is 11.5 Å². The molecule has 0 spiro atoms. The van der Waals surface area contributed by atoms with Crippen LogP contribution in [0.4, 0.5) is 5.95 Å². The molecule has 0 bridgehead atoms. The van der Waals surface area contributed by atoms with Crippen molar-refractivity contribution in [3.63, 3.8) is 0 Å². The van der Waals surface area contributed by atoms with Gasteiger partial charge in [0.25, 0.3) is 0 Å². The van der Waals surface area contributed by atoms with Crippen molar-refractivity contribution < 1.29 is 19.4 Å².